The second-order valence-electron chi connectivity index (χ2n) is 4.78. The largest absolute Gasteiger partial charge is 0.315 e. The highest BCUT2D eigenvalue weighted by Crippen LogP contribution is 2.36. The average molecular weight is 325 g/mol. The molecule has 0 unspecified atom stereocenters. The lowest BCUT2D eigenvalue weighted by Gasteiger charge is -2.22. The topological polar surface area (TPSA) is 88.1 Å². The highest BCUT2D eigenvalue weighted by atomic mass is 32.2. The Bertz CT molecular complexity index is 717. The van der Waals surface area contributed by atoms with Crippen LogP contribution in [0.4, 0.5) is 10.9 Å². The number of hydrogen-bond acceptors (Lipinski definition) is 7. The number of rotatable bonds is 4. The van der Waals surface area contributed by atoms with Crippen molar-refractivity contribution in [3.63, 3.8) is 0 Å². The fourth-order valence-corrected chi connectivity index (χ4v) is 4.14. The van der Waals surface area contributed by atoms with Gasteiger partial charge in [0.15, 0.2) is 10.9 Å². The van der Waals surface area contributed by atoms with Gasteiger partial charge in [-0.15, -0.1) is 11.3 Å². The molecule has 2 aromatic heterocycles. The van der Waals surface area contributed by atoms with Gasteiger partial charge in [-0.1, -0.05) is 0 Å². The van der Waals surface area contributed by atoms with Crippen molar-refractivity contribution in [2.75, 3.05) is 18.1 Å². The Kier molecular flexibility index (Phi) is 3.87. The van der Waals surface area contributed by atoms with Crippen LogP contribution in [-0.2, 0) is 10.0 Å². The maximum atomic E-state index is 11.9. The van der Waals surface area contributed by atoms with Crippen LogP contribution in [0.25, 0.3) is 0 Å². The smallest absolute Gasteiger partial charge is 0.211 e. The fraction of sp³-hybridized carbons (Fsp3) is 0.417. The summed E-state index contributed by atoms with van der Waals surface area (Å²) < 4.78 is 25.3. The molecule has 0 aliphatic carbocycles. The molecule has 1 aliphatic rings. The van der Waals surface area contributed by atoms with Crippen LogP contribution in [0.15, 0.2) is 24.0 Å². The van der Waals surface area contributed by atoms with E-state index in [1.165, 1.54) is 21.9 Å². The number of anilines is 2. The number of sulfonamides is 1. The molecular weight excluding hydrogens is 310 g/mol. The first-order valence-corrected chi connectivity index (χ1v) is 9.23. The van der Waals surface area contributed by atoms with Gasteiger partial charge in [-0.25, -0.2) is 18.4 Å². The molecule has 0 bridgehead atoms. The molecule has 1 atom stereocenters. The summed E-state index contributed by atoms with van der Waals surface area (Å²) in [7, 11) is -3.25. The Morgan fingerprint density at radius 3 is 2.81 bits per heavy atom. The molecule has 0 radical (unpaired) electrons. The molecular formula is C12H15N5O2S2. The van der Waals surface area contributed by atoms with Crippen LogP contribution in [-0.4, -0.2) is 40.5 Å². The quantitative estimate of drug-likeness (QED) is 0.922. The number of nitrogens with zero attached hydrogens (tertiary/aromatic N) is 4. The van der Waals surface area contributed by atoms with Gasteiger partial charge < -0.3 is 5.32 Å². The van der Waals surface area contributed by atoms with E-state index in [1.807, 2.05) is 5.38 Å². The maximum absolute atomic E-state index is 11.9. The standard InChI is InChI=1S/C12H15N5O2S2/c1-21(18,19)17-7-2-3-9(17)10-11(14-5-4-13-10)16-12-15-6-8-20-12/h4-6,8-9H,2-3,7H2,1H3,(H,14,15,16)/t9-/m0/s1. The molecule has 1 fully saturated rings. The monoisotopic (exact) mass is 325 g/mol. The predicted octanol–water partition coefficient (Wildman–Crippen LogP) is 1.77. The summed E-state index contributed by atoms with van der Waals surface area (Å²) in [4.78, 5) is 12.8. The van der Waals surface area contributed by atoms with E-state index in [4.69, 9.17) is 0 Å². The third-order valence-electron chi connectivity index (χ3n) is 3.33. The zero-order valence-corrected chi connectivity index (χ0v) is 13.1. The molecule has 1 aliphatic heterocycles. The summed E-state index contributed by atoms with van der Waals surface area (Å²) >= 11 is 1.45. The lowest BCUT2D eigenvalue weighted by Crippen LogP contribution is -2.30. The normalized spacial score (nSPS) is 19.8. The summed E-state index contributed by atoms with van der Waals surface area (Å²) in [6.45, 7) is 0.525. The van der Waals surface area contributed by atoms with Gasteiger partial charge in [-0.05, 0) is 12.8 Å². The van der Waals surface area contributed by atoms with Gasteiger partial charge in [-0.3, -0.25) is 4.98 Å². The van der Waals surface area contributed by atoms with Gasteiger partial charge in [0.25, 0.3) is 0 Å². The van der Waals surface area contributed by atoms with E-state index in [2.05, 4.69) is 20.3 Å². The first kappa shape index (κ1) is 14.4. The van der Waals surface area contributed by atoms with Crippen molar-refractivity contribution in [3.05, 3.63) is 29.7 Å². The molecule has 21 heavy (non-hydrogen) atoms. The molecule has 1 N–H and O–H groups in total. The van der Waals surface area contributed by atoms with E-state index in [0.29, 0.717) is 23.2 Å². The Hall–Kier alpha value is -1.58. The Balaban J connectivity index is 1.95. The SMILES string of the molecule is CS(=O)(=O)N1CCC[C@H]1c1nccnc1Nc1nccs1. The van der Waals surface area contributed by atoms with Gasteiger partial charge in [0.2, 0.25) is 10.0 Å². The Morgan fingerprint density at radius 2 is 2.10 bits per heavy atom. The van der Waals surface area contributed by atoms with E-state index < -0.39 is 10.0 Å². The van der Waals surface area contributed by atoms with Gasteiger partial charge >= 0.3 is 0 Å². The summed E-state index contributed by atoms with van der Waals surface area (Å²) in [6, 6.07) is -0.267. The van der Waals surface area contributed by atoms with Crippen LogP contribution in [0.3, 0.4) is 0 Å². The molecule has 1 saturated heterocycles. The van der Waals surface area contributed by atoms with E-state index in [1.54, 1.807) is 18.6 Å². The molecule has 0 spiro atoms. The van der Waals surface area contributed by atoms with E-state index in [9.17, 15) is 8.42 Å². The minimum Gasteiger partial charge on any atom is -0.315 e. The molecule has 0 saturated carbocycles. The second kappa shape index (κ2) is 5.66. The van der Waals surface area contributed by atoms with Crippen molar-refractivity contribution in [1.29, 1.82) is 0 Å². The van der Waals surface area contributed by atoms with E-state index in [0.717, 1.165) is 12.8 Å². The van der Waals surface area contributed by atoms with Gasteiger partial charge in [-0.2, -0.15) is 4.31 Å². The van der Waals surface area contributed by atoms with Crippen molar-refractivity contribution in [2.24, 2.45) is 0 Å². The van der Waals surface area contributed by atoms with Crippen molar-refractivity contribution >= 4 is 32.3 Å². The van der Waals surface area contributed by atoms with Crippen molar-refractivity contribution < 1.29 is 8.42 Å². The highest BCUT2D eigenvalue weighted by molar-refractivity contribution is 7.88. The van der Waals surface area contributed by atoms with Crippen LogP contribution in [0, 0.1) is 0 Å². The van der Waals surface area contributed by atoms with Crippen molar-refractivity contribution in [2.45, 2.75) is 18.9 Å². The average Bonchev–Trinajstić information content (AvgIpc) is 3.08. The summed E-state index contributed by atoms with van der Waals surface area (Å²) in [5, 5.41) is 5.68. The second-order valence-corrected chi connectivity index (χ2v) is 7.61. The first-order chi connectivity index (χ1) is 10.1. The Morgan fingerprint density at radius 1 is 1.29 bits per heavy atom. The maximum Gasteiger partial charge on any atom is 0.211 e. The molecule has 7 nitrogen and oxygen atoms in total. The number of nitrogens with one attached hydrogen (secondary N) is 1. The Labute approximate surface area is 127 Å². The molecule has 0 amide bonds. The van der Waals surface area contributed by atoms with Gasteiger partial charge in [0.05, 0.1) is 12.3 Å². The van der Waals surface area contributed by atoms with Crippen molar-refractivity contribution in [1.82, 2.24) is 19.3 Å². The number of aromatic nitrogens is 3. The molecule has 3 heterocycles. The van der Waals surface area contributed by atoms with Gasteiger partial charge in [0, 0.05) is 30.5 Å². The summed E-state index contributed by atoms with van der Waals surface area (Å²) in [5.41, 5.74) is 0.649. The molecule has 9 heteroatoms. The summed E-state index contributed by atoms with van der Waals surface area (Å²) in [5.74, 6) is 0.563. The third-order valence-corrected chi connectivity index (χ3v) is 5.31. The summed E-state index contributed by atoms with van der Waals surface area (Å²) in [6.07, 6.45) is 7.67. The minimum absolute atomic E-state index is 0.267. The van der Waals surface area contributed by atoms with Crippen LogP contribution in [0.1, 0.15) is 24.6 Å². The van der Waals surface area contributed by atoms with Crippen LogP contribution >= 0.6 is 11.3 Å². The fourth-order valence-electron chi connectivity index (χ4n) is 2.49. The highest BCUT2D eigenvalue weighted by Gasteiger charge is 2.35. The lowest BCUT2D eigenvalue weighted by atomic mass is 10.1. The molecule has 2 aromatic rings. The molecule has 0 aromatic carbocycles. The van der Waals surface area contributed by atoms with Crippen LogP contribution in [0.5, 0.6) is 0 Å². The molecule has 3 rings (SSSR count). The van der Waals surface area contributed by atoms with E-state index >= 15 is 0 Å². The van der Waals surface area contributed by atoms with Crippen molar-refractivity contribution in [3.8, 4) is 0 Å². The first-order valence-electron chi connectivity index (χ1n) is 6.50. The zero-order valence-electron chi connectivity index (χ0n) is 11.4. The number of hydrogen-bond donors (Lipinski definition) is 1. The van der Waals surface area contributed by atoms with E-state index in [-0.39, 0.29) is 6.04 Å². The van der Waals surface area contributed by atoms with Crippen LogP contribution in [0.2, 0.25) is 0 Å². The number of thiazole rings is 1. The predicted molar refractivity (Wildman–Crippen MR) is 81.0 cm³/mol. The molecule has 112 valence electrons. The third kappa shape index (κ3) is 3.04. The zero-order chi connectivity index (χ0) is 14.9. The minimum atomic E-state index is -3.25. The van der Waals surface area contributed by atoms with Gasteiger partial charge in [0.1, 0.15) is 5.69 Å². The van der Waals surface area contributed by atoms with Crippen LogP contribution < -0.4 is 5.32 Å². The lowest BCUT2D eigenvalue weighted by molar-refractivity contribution is 0.394.